The molecule has 2 aromatic rings. The molecule has 2 nitrogen and oxygen atoms in total. The summed E-state index contributed by atoms with van der Waals surface area (Å²) in [7, 11) is 0. The minimum absolute atomic E-state index is 0.250. The summed E-state index contributed by atoms with van der Waals surface area (Å²) in [6, 6.07) is 12.3. The molecule has 0 aliphatic carbocycles. The molecule has 1 amide bonds. The Morgan fingerprint density at radius 1 is 1.06 bits per heavy atom. The molecule has 0 fully saturated rings. The lowest BCUT2D eigenvalue weighted by atomic mass is 10.2. The quantitative estimate of drug-likeness (QED) is 0.858. The molecule has 1 N–H and O–H groups in total. The number of carbonyl (C=O) groups excluding carboxylic acids is 1. The van der Waals surface area contributed by atoms with Crippen molar-refractivity contribution < 1.29 is 4.79 Å². The van der Waals surface area contributed by atoms with Crippen molar-refractivity contribution in [3.05, 3.63) is 63.6 Å². The number of aryl methyl sites for hydroxylation is 1. The number of anilines is 1. The van der Waals surface area contributed by atoms with Crippen LogP contribution in [-0.2, 0) is 0 Å². The second kappa shape index (κ2) is 5.42. The van der Waals surface area contributed by atoms with Gasteiger partial charge in [0.25, 0.3) is 5.91 Å². The molecule has 18 heavy (non-hydrogen) atoms. The van der Waals surface area contributed by atoms with Crippen LogP contribution in [0.3, 0.4) is 0 Å². The number of hydrogen-bond donors (Lipinski definition) is 1. The number of carbonyl (C=O) groups is 1. The minimum Gasteiger partial charge on any atom is -0.322 e. The first-order valence-electron chi connectivity index (χ1n) is 5.39. The van der Waals surface area contributed by atoms with E-state index in [4.69, 9.17) is 23.2 Å². The van der Waals surface area contributed by atoms with Crippen molar-refractivity contribution in [2.75, 3.05) is 5.32 Å². The predicted octanol–water partition coefficient (Wildman–Crippen LogP) is 4.55. The fourth-order valence-corrected chi connectivity index (χ4v) is 2.00. The third-order valence-corrected chi connectivity index (χ3v) is 3.03. The second-order valence-corrected chi connectivity index (χ2v) is 4.79. The molecule has 0 radical (unpaired) electrons. The van der Waals surface area contributed by atoms with E-state index in [-0.39, 0.29) is 5.91 Å². The van der Waals surface area contributed by atoms with Crippen molar-refractivity contribution in [1.82, 2.24) is 0 Å². The maximum Gasteiger partial charge on any atom is 0.257 e. The first-order chi connectivity index (χ1) is 8.56. The summed E-state index contributed by atoms with van der Waals surface area (Å²) < 4.78 is 0. The van der Waals surface area contributed by atoms with Crippen LogP contribution >= 0.6 is 23.2 Å². The zero-order valence-corrected chi connectivity index (χ0v) is 11.2. The van der Waals surface area contributed by atoms with E-state index in [1.165, 1.54) is 0 Å². The first kappa shape index (κ1) is 12.9. The van der Waals surface area contributed by atoms with Crippen LogP contribution < -0.4 is 5.32 Å². The van der Waals surface area contributed by atoms with E-state index in [1.54, 1.807) is 18.2 Å². The summed E-state index contributed by atoms with van der Waals surface area (Å²) in [5.74, 6) is -0.250. The molecule has 92 valence electrons. The van der Waals surface area contributed by atoms with Crippen molar-refractivity contribution in [1.29, 1.82) is 0 Å². The summed E-state index contributed by atoms with van der Waals surface area (Å²) in [6.07, 6.45) is 0. The van der Waals surface area contributed by atoms with Gasteiger partial charge >= 0.3 is 0 Å². The van der Waals surface area contributed by atoms with Crippen LogP contribution in [0.25, 0.3) is 0 Å². The molecule has 0 unspecified atom stereocenters. The van der Waals surface area contributed by atoms with E-state index >= 15 is 0 Å². The lowest BCUT2D eigenvalue weighted by molar-refractivity contribution is 0.102. The summed E-state index contributed by atoms with van der Waals surface area (Å²) >= 11 is 11.8. The van der Waals surface area contributed by atoms with Crippen molar-refractivity contribution >= 4 is 34.8 Å². The molecule has 4 heteroatoms. The fraction of sp³-hybridized carbons (Fsp3) is 0.0714. The third-order valence-electron chi connectivity index (χ3n) is 2.49. The molecule has 2 aromatic carbocycles. The van der Waals surface area contributed by atoms with Crippen molar-refractivity contribution in [2.24, 2.45) is 0 Å². The van der Waals surface area contributed by atoms with Crippen LogP contribution in [0.5, 0.6) is 0 Å². The zero-order chi connectivity index (χ0) is 13.1. The lowest BCUT2D eigenvalue weighted by Gasteiger charge is -2.07. The highest BCUT2D eigenvalue weighted by Gasteiger charge is 2.10. The summed E-state index contributed by atoms with van der Waals surface area (Å²) in [5.41, 5.74) is 2.27. The first-order valence-corrected chi connectivity index (χ1v) is 6.15. The molecule has 0 aliphatic heterocycles. The van der Waals surface area contributed by atoms with Gasteiger partial charge in [0.1, 0.15) is 0 Å². The van der Waals surface area contributed by atoms with Gasteiger partial charge in [-0.2, -0.15) is 0 Å². The normalized spacial score (nSPS) is 10.2. The van der Waals surface area contributed by atoms with Crippen LogP contribution in [0.2, 0.25) is 10.0 Å². The highest BCUT2D eigenvalue weighted by atomic mass is 35.5. The summed E-state index contributed by atoms with van der Waals surface area (Å²) in [5, 5.41) is 3.63. The predicted molar refractivity (Wildman–Crippen MR) is 75.6 cm³/mol. The average molecular weight is 280 g/mol. The molecule has 0 heterocycles. The molecule has 2 rings (SSSR count). The smallest absolute Gasteiger partial charge is 0.257 e. The van der Waals surface area contributed by atoms with E-state index in [0.717, 1.165) is 11.3 Å². The molecule has 0 bridgehead atoms. The van der Waals surface area contributed by atoms with Gasteiger partial charge in [-0.15, -0.1) is 0 Å². The Morgan fingerprint density at radius 3 is 2.33 bits per heavy atom. The van der Waals surface area contributed by atoms with Gasteiger partial charge in [0.05, 0.1) is 10.6 Å². The van der Waals surface area contributed by atoms with Crippen LogP contribution in [0.4, 0.5) is 5.69 Å². The Bertz CT molecular complexity index is 579. The zero-order valence-electron chi connectivity index (χ0n) is 9.71. The molecule has 0 spiro atoms. The van der Waals surface area contributed by atoms with Crippen LogP contribution in [0, 0.1) is 6.92 Å². The van der Waals surface area contributed by atoms with Crippen molar-refractivity contribution in [2.45, 2.75) is 6.92 Å². The van der Waals surface area contributed by atoms with Gasteiger partial charge in [0.2, 0.25) is 0 Å². The molecular weight excluding hydrogens is 269 g/mol. The van der Waals surface area contributed by atoms with Crippen LogP contribution in [0.15, 0.2) is 42.5 Å². The Balaban J connectivity index is 2.19. The largest absolute Gasteiger partial charge is 0.322 e. The van der Waals surface area contributed by atoms with Gasteiger partial charge in [-0.3, -0.25) is 4.79 Å². The van der Waals surface area contributed by atoms with Crippen molar-refractivity contribution in [3.63, 3.8) is 0 Å². The lowest BCUT2D eigenvalue weighted by Crippen LogP contribution is -2.12. The van der Waals surface area contributed by atoms with Gasteiger partial charge in [0.15, 0.2) is 0 Å². The minimum atomic E-state index is -0.250. The summed E-state index contributed by atoms with van der Waals surface area (Å²) in [6.45, 7) is 1.99. The number of hydrogen-bond acceptors (Lipinski definition) is 1. The van der Waals surface area contributed by atoms with E-state index in [1.807, 2.05) is 31.2 Å². The maximum absolute atomic E-state index is 12.0. The molecule has 0 aliphatic rings. The SMILES string of the molecule is Cc1ccc(NC(=O)c2ccc(Cl)cc2Cl)cc1. The number of amides is 1. The Labute approximate surface area is 116 Å². The van der Waals surface area contributed by atoms with Crippen LogP contribution in [-0.4, -0.2) is 5.91 Å². The molecule has 0 atom stereocenters. The molecular formula is C14H11Cl2NO. The topological polar surface area (TPSA) is 29.1 Å². The Hall–Kier alpha value is -1.51. The van der Waals surface area contributed by atoms with Gasteiger partial charge in [-0.1, -0.05) is 40.9 Å². The van der Waals surface area contributed by atoms with E-state index < -0.39 is 0 Å². The highest BCUT2D eigenvalue weighted by molar-refractivity contribution is 6.37. The number of rotatable bonds is 2. The van der Waals surface area contributed by atoms with Crippen molar-refractivity contribution in [3.8, 4) is 0 Å². The fourth-order valence-electron chi connectivity index (χ4n) is 1.51. The Kier molecular flexibility index (Phi) is 3.90. The van der Waals surface area contributed by atoms with Gasteiger partial charge in [-0.05, 0) is 37.3 Å². The summed E-state index contributed by atoms with van der Waals surface area (Å²) in [4.78, 5) is 12.0. The average Bonchev–Trinajstić information content (AvgIpc) is 2.32. The van der Waals surface area contributed by atoms with Crippen LogP contribution in [0.1, 0.15) is 15.9 Å². The standard InChI is InChI=1S/C14H11Cl2NO/c1-9-2-5-11(6-3-9)17-14(18)12-7-4-10(15)8-13(12)16/h2-8H,1H3,(H,17,18). The maximum atomic E-state index is 12.0. The van der Waals surface area contributed by atoms with Gasteiger partial charge in [-0.25, -0.2) is 0 Å². The number of benzene rings is 2. The molecule has 0 saturated carbocycles. The highest BCUT2D eigenvalue weighted by Crippen LogP contribution is 2.22. The monoisotopic (exact) mass is 279 g/mol. The van der Waals surface area contributed by atoms with E-state index in [0.29, 0.717) is 15.6 Å². The van der Waals surface area contributed by atoms with E-state index in [9.17, 15) is 4.79 Å². The molecule has 0 aromatic heterocycles. The molecule has 0 saturated heterocycles. The number of nitrogens with one attached hydrogen (secondary N) is 1. The van der Waals surface area contributed by atoms with E-state index in [2.05, 4.69) is 5.32 Å². The second-order valence-electron chi connectivity index (χ2n) is 3.94. The number of halogens is 2. The van der Waals surface area contributed by atoms with Gasteiger partial charge in [0, 0.05) is 10.7 Å². The van der Waals surface area contributed by atoms with Gasteiger partial charge < -0.3 is 5.32 Å². The Morgan fingerprint density at radius 2 is 1.72 bits per heavy atom. The third kappa shape index (κ3) is 3.03.